The molecule has 0 spiro atoms. The smallest absolute Gasteiger partial charge is 0.329 e. The summed E-state index contributed by atoms with van der Waals surface area (Å²) in [6.45, 7) is 5.67. The van der Waals surface area contributed by atoms with Crippen LogP contribution in [0.25, 0.3) is 0 Å². The number of nitrogens with two attached hydrogens (primary N) is 1. The lowest BCUT2D eigenvalue weighted by molar-refractivity contribution is -0.137. The Hall–Kier alpha value is -3.88. The molecule has 0 aliphatic heterocycles. The molecular weight excluding hydrogens is 388 g/mol. The maximum atomic E-state index is 12.3. The largest absolute Gasteiger partial charge is 0.493 e. The fraction of sp³-hybridized carbons (Fsp3) is 0.238. The second-order valence-electron chi connectivity index (χ2n) is 6.58. The Morgan fingerprint density at radius 1 is 1.07 bits per heavy atom. The predicted octanol–water partition coefficient (Wildman–Crippen LogP) is 1.57. The summed E-state index contributed by atoms with van der Waals surface area (Å²) in [6, 6.07) is 8.84. The lowest BCUT2D eigenvalue weighted by atomic mass is 10.1. The third kappa shape index (κ3) is 6.06. The molecule has 0 saturated heterocycles. The van der Waals surface area contributed by atoms with Gasteiger partial charge in [-0.3, -0.25) is 14.4 Å². The van der Waals surface area contributed by atoms with Crippen LogP contribution in [-0.2, 0) is 14.4 Å². The second kappa shape index (κ2) is 10.1. The fourth-order valence-electron chi connectivity index (χ4n) is 2.80. The molecule has 0 bridgehead atoms. The van der Waals surface area contributed by atoms with E-state index < -0.39 is 11.8 Å². The first-order chi connectivity index (χ1) is 14.2. The quantitative estimate of drug-likeness (QED) is 0.361. The third-order valence-electron chi connectivity index (χ3n) is 4.09. The Kier molecular flexibility index (Phi) is 7.51. The molecule has 30 heavy (non-hydrogen) atoms. The molecule has 9 nitrogen and oxygen atoms in total. The molecule has 0 heterocycles. The normalized spacial score (nSPS) is 10.5. The summed E-state index contributed by atoms with van der Waals surface area (Å²) in [5.74, 6) is -1.73. The number of nitrogens with one attached hydrogen (secondary N) is 2. The van der Waals surface area contributed by atoms with Gasteiger partial charge in [0.1, 0.15) is 0 Å². The SMILES string of the molecule is COc1cc(C=NNC(=O)C(N)=O)ccc1OCC(=O)Nc1c(C)cc(C)cc1C. The van der Waals surface area contributed by atoms with Gasteiger partial charge >= 0.3 is 11.8 Å². The molecule has 4 N–H and O–H groups in total. The van der Waals surface area contributed by atoms with E-state index in [1.54, 1.807) is 18.2 Å². The van der Waals surface area contributed by atoms with Crippen molar-refractivity contribution in [1.82, 2.24) is 5.43 Å². The number of carbonyl (C=O) groups is 3. The first kappa shape index (κ1) is 22.4. The number of aryl methyl sites for hydroxylation is 3. The lowest BCUT2D eigenvalue weighted by Gasteiger charge is -2.14. The van der Waals surface area contributed by atoms with Crippen LogP contribution in [0.4, 0.5) is 5.69 Å². The van der Waals surface area contributed by atoms with Crippen LogP contribution in [0.2, 0.25) is 0 Å². The summed E-state index contributed by atoms with van der Waals surface area (Å²) >= 11 is 0. The molecule has 2 rings (SSSR count). The topological polar surface area (TPSA) is 132 Å². The van der Waals surface area contributed by atoms with Crippen LogP contribution in [0.1, 0.15) is 22.3 Å². The van der Waals surface area contributed by atoms with Gasteiger partial charge in [-0.2, -0.15) is 5.10 Å². The Bertz CT molecular complexity index is 978. The van der Waals surface area contributed by atoms with E-state index in [2.05, 4.69) is 10.4 Å². The Morgan fingerprint density at radius 2 is 1.73 bits per heavy atom. The van der Waals surface area contributed by atoms with Crippen molar-refractivity contribution in [2.45, 2.75) is 20.8 Å². The number of primary amides is 1. The highest BCUT2D eigenvalue weighted by molar-refractivity contribution is 6.34. The van der Waals surface area contributed by atoms with Crippen molar-refractivity contribution >= 4 is 29.6 Å². The van der Waals surface area contributed by atoms with E-state index in [4.69, 9.17) is 15.2 Å². The monoisotopic (exact) mass is 412 g/mol. The molecule has 3 amide bonds. The summed E-state index contributed by atoms with van der Waals surface area (Å²) in [6.07, 6.45) is 1.31. The molecule has 2 aromatic carbocycles. The van der Waals surface area contributed by atoms with Crippen molar-refractivity contribution < 1.29 is 23.9 Å². The van der Waals surface area contributed by atoms with Crippen molar-refractivity contribution in [3.63, 3.8) is 0 Å². The van der Waals surface area contributed by atoms with Crippen LogP contribution < -0.4 is 25.9 Å². The molecule has 158 valence electrons. The Balaban J connectivity index is 2.01. The van der Waals surface area contributed by atoms with Crippen molar-refractivity contribution in [3.8, 4) is 11.5 Å². The number of anilines is 1. The van der Waals surface area contributed by atoms with Gasteiger partial charge in [-0.15, -0.1) is 0 Å². The van der Waals surface area contributed by atoms with E-state index in [1.165, 1.54) is 13.3 Å². The number of ether oxygens (including phenoxy) is 2. The van der Waals surface area contributed by atoms with Crippen molar-refractivity contribution in [2.24, 2.45) is 10.8 Å². The average Bonchev–Trinajstić information content (AvgIpc) is 2.69. The van der Waals surface area contributed by atoms with Crippen LogP contribution in [0.5, 0.6) is 11.5 Å². The average molecular weight is 412 g/mol. The maximum Gasteiger partial charge on any atom is 0.329 e. The zero-order valence-corrected chi connectivity index (χ0v) is 17.2. The zero-order chi connectivity index (χ0) is 22.3. The maximum absolute atomic E-state index is 12.3. The van der Waals surface area contributed by atoms with Crippen LogP contribution in [-0.4, -0.2) is 37.7 Å². The van der Waals surface area contributed by atoms with Crippen LogP contribution in [0.3, 0.4) is 0 Å². The summed E-state index contributed by atoms with van der Waals surface area (Å²) in [5, 5.41) is 6.49. The van der Waals surface area contributed by atoms with Gasteiger partial charge in [0.2, 0.25) is 0 Å². The van der Waals surface area contributed by atoms with E-state index in [9.17, 15) is 14.4 Å². The van der Waals surface area contributed by atoms with Crippen molar-refractivity contribution in [2.75, 3.05) is 19.0 Å². The van der Waals surface area contributed by atoms with E-state index >= 15 is 0 Å². The van der Waals surface area contributed by atoms with Crippen LogP contribution >= 0.6 is 0 Å². The van der Waals surface area contributed by atoms with E-state index in [0.29, 0.717) is 17.1 Å². The van der Waals surface area contributed by atoms with E-state index in [0.717, 1.165) is 22.4 Å². The van der Waals surface area contributed by atoms with Gasteiger partial charge in [-0.1, -0.05) is 17.7 Å². The number of benzene rings is 2. The third-order valence-corrected chi connectivity index (χ3v) is 4.09. The van der Waals surface area contributed by atoms with Gasteiger partial charge < -0.3 is 20.5 Å². The number of hydrazone groups is 1. The first-order valence-corrected chi connectivity index (χ1v) is 9.02. The van der Waals surface area contributed by atoms with Gasteiger partial charge in [-0.25, -0.2) is 5.43 Å². The molecule has 0 aliphatic carbocycles. The highest BCUT2D eigenvalue weighted by atomic mass is 16.5. The molecule has 0 radical (unpaired) electrons. The highest BCUT2D eigenvalue weighted by Crippen LogP contribution is 2.28. The predicted molar refractivity (Wildman–Crippen MR) is 113 cm³/mol. The number of carbonyl (C=O) groups excluding carboxylic acids is 3. The summed E-state index contributed by atoms with van der Waals surface area (Å²) in [5.41, 5.74) is 11.2. The molecule has 0 unspecified atom stereocenters. The minimum Gasteiger partial charge on any atom is -0.493 e. The number of hydrogen-bond donors (Lipinski definition) is 3. The molecule has 2 aromatic rings. The van der Waals surface area contributed by atoms with Crippen LogP contribution in [0, 0.1) is 20.8 Å². The molecule has 0 atom stereocenters. The van der Waals surface area contributed by atoms with E-state index in [-0.39, 0.29) is 12.5 Å². The minimum absolute atomic E-state index is 0.203. The van der Waals surface area contributed by atoms with Gasteiger partial charge in [-0.05, 0) is 55.7 Å². The van der Waals surface area contributed by atoms with E-state index in [1.807, 2.05) is 38.3 Å². The number of methoxy groups -OCH3 is 1. The molecule has 9 heteroatoms. The number of hydrogen-bond acceptors (Lipinski definition) is 6. The second-order valence-corrected chi connectivity index (χ2v) is 6.58. The number of rotatable bonds is 7. The van der Waals surface area contributed by atoms with Crippen molar-refractivity contribution in [1.29, 1.82) is 0 Å². The van der Waals surface area contributed by atoms with Crippen molar-refractivity contribution in [3.05, 3.63) is 52.6 Å². The van der Waals surface area contributed by atoms with Gasteiger partial charge in [0, 0.05) is 5.69 Å². The number of nitrogens with zero attached hydrogens (tertiary/aromatic N) is 1. The van der Waals surface area contributed by atoms with Gasteiger partial charge in [0.25, 0.3) is 5.91 Å². The summed E-state index contributed by atoms with van der Waals surface area (Å²) < 4.78 is 10.9. The molecule has 0 saturated carbocycles. The number of amides is 3. The zero-order valence-electron chi connectivity index (χ0n) is 17.2. The Labute approximate surface area is 174 Å². The standard InChI is InChI=1S/C21H24N4O5/c1-12-7-13(2)19(14(3)8-12)24-18(26)11-30-16-6-5-15(9-17(16)29-4)10-23-25-21(28)20(22)27/h5-10H,11H2,1-4H3,(H2,22,27)(H,24,26)(H,25,28). The van der Waals surface area contributed by atoms with Gasteiger partial charge in [0.15, 0.2) is 18.1 Å². The fourth-order valence-corrected chi connectivity index (χ4v) is 2.80. The molecule has 0 fully saturated rings. The van der Waals surface area contributed by atoms with Crippen LogP contribution in [0.15, 0.2) is 35.4 Å². The molecule has 0 aromatic heterocycles. The van der Waals surface area contributed by atoms with Gasteiger partial charge in [0.05, 0.1) is 13.3 Å². The lowest BCUT2D eigenvalue weighted by Crippen LogP contribution is -2.32. The minimum atomic E-state index is -1.14. The summed E-state index contributed by atoms with van der Waals surface area (Å²) in [4.78, 5) is 34.0. The molecule has 0 aliphatic rings. The Morgan fingerprint density at radius 3 is 2.33 bits per heavy atom. The first-order valence-electron chi connectivity index (χ1n) is 9.02. The highest BCUT2D eigenvalue weighted by Gasteiger charge is 2.12. The summed E-state index contributed by atoms with van der Waals surface area (Å²) in [7, 11) is 1.46. The molecular formula is C21H24N4O5.